The molecule has 2 aromatic rings. The van der Waals surface area contributed by atoms with E-state index < -0.39 is 0 Å². The van der Waals surface area contributed by atoms with Gasteiger partial charge in [0.15, 0.2) is 5.16 Å². The van der Waals surface area contributed by atoms with Gasteiger partial charge in [-0.15, -0.1) is 0 Å². The Bertz CT molecular complexity index is 551. The third-order valence-corrected chi connectivity index (χ3v) is 4.45. The van der Waals surface area contributed by atoms with Crippen LogP contribution in [0, 0.1) is 5.92 Å². The molecule has 2 heterocycles. The lowest BCUT2D eigenvalue weighted by Crippen LogP contribution is -2.08. The summed E-state index contributed by atoms with van der Waals surface area (Å²) in [4.78, 5) is 17.0. The lowest BCUT2D eigenvalue weighted by Gasteiger charge is -2.09. The largest absolute Gasteiger partial charge is 0.357 e. The van der Waals surface area contributed by atoms with Crippen LogP contribution in [0.15, 0.2) is 17.8 Å². The van der Waals surface area contributed by atoms with Crippen LogP contribution in [0.3, 0.4) is 0 Å². The molecule has 0 aliphatic heterocycles. The fraction of sp³-hybridized carbons (Fsp3) is 0.583. The standard InChI is InChI=1S/C12H17N7S/c1-13-10-16-11(19-8-14-7-15-19)18-12(17-10)20-6-9-4-2-3-5-9/h7-9H,2-6H2,1H3,(H,13,16,17,18). The summed E-state index contributed by atoms with van der Waals surface area (Å²) in [5, 5.41) is 7.75. The van der Waals surface area contributed by atoms with Gasteiger partial charge in [-0.2, -0.15) is 24.7 Å². The van der Waals surface area contributed by atoms with E-state index >= 15 is 0 Å². The van der Waals surface area contributed by atoms with Crippen LogP contribution in [-0.4, -0.2) is 42.5 Å². The number of thioether (sulfide) groups is 1. The molecule has 1 aliphatic rings. The molecule has 20 heavy (non-hydrogen) atoms. The number of nitrogens with zero attached hydrogens (tertiary/aromatic N) is 6. The average molecular weight is 291 g/mol. The Kier molecular flexibility index (Phi) is 4.10. The third-order valence-electron chi connectivity index (χ3n) is 3.37. The van der Waals surface area contributed by atoms with Gasteiger partial charge in [-0.25, -0.2) is 4.98 Å². The first-order valence-corrected chi connectivity index (χ1v) is 7.75. The van der Waals surface area contributed by atoms with Crippen molar-refractivity contribution < 1.29 is 0 Å². The minimum absolute atomic E-state index is 0.496. The minimum atomic E-state index is 0.496. The van der Waals surface area contributed by atoms with E-state index in [1.54, 1.807) is 29.8 Å². The predicted molar refractivity (Wildman–Crippen MR) is 77.0 cm³/mol. The van der Waals surface area contributed by atoms with Gasteiger partial charge in [-0.05, 0) is 18.8 Å². The van der Waals surface area contributed by atoms with Gasteiger partial charge in [-0.3, -0.25) is 0 Å². The number of nitrogens with one attached hydrogen (secondary N) is 1. The maximum atomic E-state index is 4.45. The van der Waals surface area contributed by atoms with Crippen LogP contribution in [0.2, 0.25) is 0 Å². The van der Waals surface area contributed by atoms with Crippen molar-refractivity contribution in [2.75, 3.05) is 18.1 Å². The van der Waals surface area contributed by atoms with E-state index in [1.165, 1.54) is 32.0 Å². The van der Waals surface area contributed by atoms with E-state index in [4.69, 9.17) is 0 Å². The van der Waals surface area contributed by atoms with E-state index in [0.29, 0.717) is 11.9 Å². The summed E-state index contributed by atoms with van der Waals surface area (Å²) in [6.45, 7) is 0. The lowest BCUT2D eigenvalue weighted by molar-refractivity contribution is 0.622. The molecule has 1 fully saturated rings. The van der Waals surface area contributed by atoms with Gasteiger partial charge in [0.05, 0.1) is 0 Å². The summed E-state index contributed by atoms with van der Waals surface area (Å²) in [5.41, 5.74) is 0. The summed E-state index contributed by atoms with van der Waals surface area (Å²) in [7, 11) is 1.80. The second kappa shape index (κ2) is 6.17. The second-order valence-electron chi connectivity index (χ2n) is 4.79. The molecule has 1 N–H and O–H groups in total. The molecule has 106 valence electrons. The molecule has 1 aliphatic carbocycles. The summed E-state index contributed by atoms with van der Waals surface area (Å²) < 4.78 is 1.54. The van der Waals surface area contributed by atoms with E-state index in [2.05, 4.69) is 30.4 Å². The molecule has 3 rings (SSSR count). The van der Waals surface area contributed by atoms with Crippen molar-refractivity contribution in [1.29, 1.82) is 0 Å². The molecule has 0 spiro atoms. The Morgan fingerprint density at radius 1 is 1.30 bits per heavy atom. The van der Waals surface area contributed by atoms with Crippen LogP contribution >= 0.6 is 11.8 Å². The van der Waals surface area contributed by atoms with Gasteiger partial charge in [0.1, 0.15) is 12.7 Å². The molecule has 2 aromatic heterocycles. The number of hydrogen-bond acceptors (Lipinski definition) is 7. The van der Waals surface area contributed by atoms with Crippen molar-refractivity contribution in [3.63, 3.8) is 0 Å². The molecule has 0 unspecified atom stereocenters. The van der Waals surface area contributed by atoms with Crippen LogP contribution in [0.25, 0.3) is 5.95 Å². The van der Waals surface area contributed by atoms with Crippen LogP contribution < -0.4 is 5.32 Å². The van der Waals surface area contributed by atoms with Crippen LogP contribution in [0.4, 0.5) is 5.95 Å². The highest BCUT2D eigenvalue weighted by atomic mass is 32.2. The Labute approximate surface area is 121 Å². The SMILES string of the molecule is CNc1nc(SCC2CCCC2)nc(-n2cncn2)n1. The van der Waals surface area contributed by atoms with Gasteiger partial charge in [0, 0.05) is 12.8 Å². The fourth-order valence-electron chi connectivity index (χ4n) is 2.31. The zero-order chi connectivity index (χ0) is 13.8. The van der Waals surface area contributed by atoms with Gasteiger partial charge < -0.3 is 5.32 Å². The molecule has 0 aromatic carbocycles. The second-order valence-corrected chi connectivity index (χ2v) is 5.78. The maximum Gasteiger partial charge on any atom is 0.257 e. The van der Waals surface area contributed by atoms with Crippen molar-refractivity contribution >= 4 is 17.7 Å². The molecule has 7 nitrogen and oxygen atoms in total. The van der Waals surface area contributed by atoms with Gasteiger partial charge in [-0.1, -0.05) is 24.6 Å². The smallest absolute Gasteiger partial charge is 0.257 e. The van der Waals surface area contributed by atoms with E-state index in [-0.39, 0.29) is 0 Å². The van der Waals surface area contributed by atoms with E-state index in [0.717, 1.165) is 16.8 Å². The van der Waals surface area contributed by atoms with Gasteiger partial charge >= 0.3 is 0 Å². The molecular formula is C12H17N7S. The molecule has 1 saturated carbocycles. The highest BCUT2D eigenvalue weighted by Crippen LogP contribution is 2.30. The molecule has 8 heteroatoms. The van der Waals surface area contributed by atoms with Gasteiger partial charge in [0.2, 0.25) is 5.95 Å². The average Bonchev–Trinajstić information content (AvgIpc) is 3.17. The van der Waals surface area contributed by atoms with Crippen LogP contribution in [-0.2, 0) is 0 Å². The highest BCUT2D eigenvalue weighted by Gasteiger charge is 2.16. The number of anilines is 1. The molecule has 0 saturated heterocycles. The third kappa shape index (κ3) is 3.06. The summed E-state index contributed by atoms with van der Waals surface area (Å²) in [5.74, 6) is 2.92. The summed E-state index contributed by atoms with van der Waals surface area (Å²) >= 11 is 1.69. The molecule has 0 bridgehead atoms. The minimum Gasteiger partial charge on any atom is -0.357 e. The molecule has 0 amide bonds. The van der Waals surface area contributed by atoms with Crippen molar-refractivity contribution in [2.24, 2.45) is 5.92 Å². The summed E-state index contributed by atoms with van der Waals surface area (Å²) in [6.07, 6.45) is 8.41. The molecular weight excluding hydrogens is 274 g/mol. The molecule has 0 atom stereocenters. The Balaban J connectivity index is 1.77. The van der Waals surface area contributed by atoms with E-state index in [9.17, 15) is 0 Å². The Morgan fingerprint density at radius 3 is 2.85 bits per heavy atom. The van der Waals surface area contributed by atoms with E-state index in [1.807, 2.05) is 0 Å². The first-order chi connectivity index (χ1) is 9.85. The Morgan fingerprint density at radius 2 is 2.15 bits per heavy atom. The lowest BCUT2D eigenvalue weighted by atomic mass is 10.1. The normalized spacial score (nSPS) is 15.7. The van der Waals surface area contributed by atoms with Crippen molar-refractivity contribution in [3.05, 3.63) is 12.7 Å². The number of aromatic nitrogens is 6. The highest BCUT2D eigenvalue weighted by molar-refractivity contribution is 7.99. The predicted octanol–water partition coefficient (Wildman–Crippen LogP) is 1.78. The van der Waals surface area contributed by atoms with Crippen LogP contribution in [0.5, 0.6) is 0 Å². The number of rotatable bonds is 5. The zero-order valence-corrected chi connectivity index (χ0v) is 12.2. The van der Waals surface area contributed by atoms with Crippen LogP contribution in [0.1, 0.15) is 25.7 Å². The summed E-state index contributed by atoms with van der Waals surface area (Å²) in [6, 6.07) is 0. The Hall–Kier alpha value is -1.70. The van der Waals surface area contributed by atoms with Crippen molar-refractivity contribution in [3.8, 4) is 5.95 Å². The number of hydrogen-bond donors (Lipinski definition) is 1. The van der Waals surface area contributed by atoms with Gasteiger partial charge in [0.25, 0.3) is 5.95 Å². The fourth-order valence-corrected chi connectivity index (χ4v) is 3.32. The maximum absolute atomic E-state index is 4.45. The first-order valence-electron chi connectivity index (χ1n) is 6.77. The quantitative estimate of drug-likeness (QED) is 0.841. The molecule has 0 radical (unpaired) electrons. The topological polar surface area (TPSA) is 81.4 Å². The first kappa shape index (κ1) is 13.3. The monoisotopic (exact) mass is 291 g/mol. The van der Waals surface area contributed by atoms with Crippen molar-refractivity contribution in [1.82, 2.24) is 29.7 Å². The van der Waals surface area contributed by atoms with Crippen molar-refractivity contribution in [2.45, 2.75) is 30.8 Å². The zero-order valence-electron chi connectivity index (χ0n) is 11.4.